The maximum absolute atomic E-state index is 13.7. The predicted molar refractivity (Wildman–Crippen MR) is 149 cm³/mol. The van der Waals surface area contributed by atoms with Crippen LogP contribution >= 0.6 is 22.6 Å². The molecule has 190 valence electrons. The number of carbonyl (C=O) groups excluding carboxylic acids is 1. The van der Waals surface area contributed by atoms with Gasteiger partial charge in [0, 0.05) is 36.5 Å². The number of fused-ring (bicyclic) bond motifs is 1. The van der Waals surface area contributed by atoms with Gasteiger partial charge in [0.25, 0.3) is 0 Å². The Morgan fingerprint density at radius 1 is 1.14 bits per heavy atom. The van der Waals surface area contributed by atoms with E-state index in [9.17, 15) is 13.2 Å². The fourth-order valence-corrected chi connectivity index (χ4v) is 8.10. The normalized spacial score (nSPS) is 25.4. The van der Waals surface area contributed by atoms with Crippen molar-refractivity contribution in [1.82, 2.24) is 8.87 Å². The Balaban J connectivity index is 1.65. The summed E-state index contributed by atoms with van der Waals surface area (Å²) >= 11 is 2.20. The molecule has 8 heteroatoms. The molecule has 1 aromatic heterocycles. The Hall–Kier alpha value is -1.81. The van der Waals surface area contributed by atoms with E-state index in [1.54, 1.807) is 19.2 Å². The molecule has 0 spiro atoms. The Bertz CT molecular complexity index is 1330. The maximum atomic E-state index is 13.7. The summed E-state index contributed by atoms with van der Waals surface area (Å²) in [6.07, 6.45) is 7.38. The largest absolute Gasteiger partial charge is 0.444 e. The van der Waals surface area contributed by atoms with Crippen molar-refractivity contribution >= 4 is 49.6 Å². The number of hydrogen-bond acceptors (Lipinski definition) is 4. The molecule has 0 radical (unpaired) electrons. The summed E-state index contributed by atoms with van der Waals surface area (Å²) in [6, 6.07) is 7.83. The number of ether oxygens (including phenoxy) is 1. The summed E-state index contributed by atoms with van der Waals surface area (Å²) in [5.74, 6) is 0.150. The molecule has 1 aliphatic heterocycles. The van der Waals surface area contributed by atoms with Crippen molar-refractivity contribution in [2.75, 3.05) is 6.54 Å². The first kappa shape index (κ1) is 26.3. The van der Waals surface area contributed by atoms with E-state index in [1.807, 2.05) is 56.0 Å². The zero-order valence-corrected chi connectivity index (χ0v) is 24.5. The van der Waals surface area contributed by atoms with Crippen LogP contribution in [0, 0.1) is 5.41 Å². The second-order valence-electron chi connectivity index (χ2n) is 11.9. The molecule has 0 N–H and O–H groups in total. The number of nitrogens with zero attached hydrogens (tertiary/aromatic N) is 2. The van der Waals surface area contributed by atoms with Crippen LogP contribution in [0.2, 0.25) is 0 Å². The second-order valence-corrected chi connectivity index (χ2v) is 15.6. The van der Waals surface area contributed by atoms with Crippen molar-refractivity contribution < 1.29 is 17.9 Å². The minimum absolute atomic E-state index is 0.0132. The molecule has 6 nitrogen and oxygen atoms in total. The van der Waals surface area contributed by atoms with Crippen LogP contribution < -0.4 is 0 Å². The maximum Gasteiger partial charge on any atom is 0.410 e. The van der Waals surface area contributed by atoms with Gasteiger partial charge in [-0.15, -0.1) is 0 Å². The lowest BCUT2D eigenvalue weighted by Gasteiger charge is -2.54. The van der Waals surface area contributed by atoms with Gasteiger partial charge in [-0.2, -0.15) is 0 Å². The summed E-state index contributed by atoms with van der Waals surface area (Å²) in [7, 11) is -3.66. The zero-order valence-electron chi connectivity index (χ0n) is 21.5. The molecule has 0 saturated carbocycles. The molecule has 0 bridgehead atoms. The molecule has 1 saturated heterocycles. The van der Waals surface area contributed by atoms with Crippen molar-refractivity contribution in [3.63, 3.8) is 0 Å². The smallest absolute Gasteiger partial charge is 0.410 e. The number of benzene rings is 1. The number of halogens is 1. The van der Waals surface area contributed by atoms with Gasteiger partial charge in [0.1, 0.15) is 10.3 Å². The summed E-state index contributed by atoms with van der Waals surface area (Å²) in [5, 5.41) is 0.878. The van der Waals surface area contributed by atoms with E-state index >= 15 is 0 Å². The zero-order chi connectivity index (χ0) is 26.0. The molecular formula is C27H35IN2O4S. The number of rotatable bonds is 3. The van der Waals surface area contributed by atoms with Gasteiger partial charge in [0.05, 0.1) is 5.52 Å². The van der Waals surface area contributed by atoms with Crippen LogP contribution in [0.25, 0.3) is 10.9 Å². The minimum Gasteiger partial charge on any atom is -0.444 e. The van der Waals surface area contributed by atoms with Crippen molar-refractivity contribution in [2.24, 2.45) is 5.41 Å². The third kappa shape index (κ3) is 4.80. The Labute approximate surface area is 222 Å². The average molecular weight is 611 g/mol. The minimum atomic E-state index is -3.66. The van der Waals surface area contributed by atoms with Crippen molar-refractivity contribution in [3.05, 3.63) is 57.8 Å². The van der Waals surface area contributed by atoms with Gasteiger partial charge in [-0.1, -0.05) is 45.1 Å². The van der Waals surface area contributed by atoms with Gasteiger partial charge < -0.3 is 9.64 Å². The second kappa shape index (κ2) is 8.64. The molecule has 2 aromatic rings. The molecule has 1 aliphatic carbocycles. The van der Waals surface area contributed by atoms with E-state index in [-0.39, 0.29) is 23.5 Å². The van der Waals surface area contributed by atoms with Crippen LogP contribution in [0.1, 0.15) is 66.4 Å². The first-order valence-corrected chi connectivity index (χ1v) is 14.5. The Morgan fingerprint density at radius 2 is 1.83 bits per heavy atom. The Kier molecular flexibility index (Phi) is 6.48. The number of allylic oxidation sites excluding steroid dienone is 3. The molecule has 1 amide bonds. The highest BCUT2D eigenvalue weighted by molar-refractivity contribution is 14.1. The van der Waals surface area contributed by atoms with Crippen LogP contribution in [-0.4, -0.2) is 46.3 Å². The number of aromatic nitrogens is 1. The van der Waals surface area contributed by atoms with Crippen LogP contribution in [0.15, 0.2) is 52.3 Å². The summed E-state index contributed by atoms with van der Waals surface area (Å²) in [6.45, 7) is 14.4. The Morgan fingerprint density at radius 3 is 2.43 bits per heavy atom. The van der Waals surface area contributed by atoms with Crippen molar-refractivity contribution in [3.8, 4) is 0 Å². The third-order valence-electron chi connectivity index (χ3n) is 6.83. The standard InChI is InChI=1S/C27H35IN2O4S/c1-25(2,3)23-21(17-29(23)24(31)34-26(4,5)6)18-10-11-22-19(15-18)12-14-30(22)35(32,33)27(7)13-8-9-20(28)16-27/h8-15,21,23H,16-17H2,1-7H3. The highest BCUT2D eigenvalue weighted by Crippen LogP contribution is 2.45. The number of amides is 1. The van der Waals surface area contributed by atoms with E-state index < -0.39 is 20.4 Å². The molecule has 3 atom stereocenters. The highest BCUT2D eigenvalue weighted by Gasteiger charge is 2.50. The van der Waals surface area contributed by atoms with Gasteiger partial charge in [0.2, 0.25) is 10.0 Å². The lowest BCUT2D eigenvalue weighted by molar-refractivity contribution is -0.0430. The number of likely N-dealkylation sites (tertiary alicyclic amines) is 1. The molecule has 2 heterocycles. The van der Waals surface area contributed by atoms with Gasteiger partial charge in [-0.3, -0.25) is 0 Å². The monoisotopic (exact) mass is 610 g/mol. The van der Waals surface area contributed by atoms with Crippen LogP contribution in [0.5, 0.6) is 0 Å². The topological polar surface area (TPSA) is 68.6 Å². The molecular weight excluding hydrogens is 575 g/mol. The summed E-state index contributed by atoms with van der Waals surface area (Å²) < 4.78 is 34.4. The van der Waals surface area contributed by atoms with Crippen molar-refractivity contribution in [1.29, 1.82) is 0 Å². The van der Waals surface area contributed by atoms with Crippen LogP contribution in [-0.2, 0) is 14.8 Å². The summed E-state index contributed by atoms with van der Waals surface area (Å²) in [5.41, 5.74) is 1.09. The van der Waals surface area contributed by atoms with Gasteiger partial charge >= 0.3 is 6.09 Å². The van der Waals surface area contributed by atoms with Gasteiger partial charge in [-0.05, 0) is 83.0 Å². The molecule has 3 unspecified atom stereocenters. The molecule has 4 rings (SSSR count). The van der Waals surface area contributed by atoms with Crippen molar-refractivity contribution in [2.45, 2.75) is 77.2 Å². The number of hydrogen-bond donors (Lipinski definition) is 0. The quantitative estimate of drug-likeness (QED) is 0.367. The van der Waals surface area contributed by atoms with E-state index in [4.69, 9.17) is 4.74 Å². The van der Waals surface area contributed by atoms with E-state index in [0.717, 1.165) is 14.5 Å². The molecule has 35 heavy (non-hydrogen) atoms. The van der Waals surface area contributed by atoms with Gasteiger partial charge in [-0.25, -0.2) is 17.2 Å². The average Bonchev–Trinajstić information content (AvgIpc) is 3.08. The first-order chi connectivity index (χ1) is 16.0. The lowest BCUT2D eigenvalue weighted by Crippen LogP contribution is -2.63. The highest BCUT2D eigenvalue weighted by atomic mass is 127. The van der Waals surface area contributed by atoms with E-state index in [0.29, 0.717) is 18.5 Å². The fourth-order valence-electron chi connectivity index (χ4n) is 5.16. The summed E-state index contributed by atoms with van der Waals surface area (Å²) in [4.78, 5) is 14.6. The fraction of sp³-hybridized carbons (Fsp3) is 0.519. The van der Waals surface area contributed by atoms with Crippen LogP contribution in [0.4, 0.5) is 4.79 Å². The SMILES string of the molecule is CC(C)(C)OC(=O)N1CC(c2ccc3c(ccn3S(=O)(=O)C3(C)C=CC=C(I)C3)c2)C1C(C)(C)C. The molecule has 2 aliphatic rings. The first-order valence-electron chi connectivity index (χ1n) is 11.9. The lowest BCUT2D eigenvalue weighted by atomic mass is 9.69. The van der Waals surface area contributed by atoms with E-state index in [1.165, 1.54) is 3.97 Å². The molecule has 1 fully saturated rings. The van der Waals surface area contributed by atoms with E-state index in [2.05, 4.69) is 49.4 Å². The molecule has 1 aromatic carbocycles. The van der Waals surface area contributed by atoms with Gasteiger partial charge in [0.15, 0.2) is 0 Å². The predicted octanol–water partition coefficient (Wildman–Crippen LogP) is 6.61. The van der Waals surface area contributed by atoms with Crippen LogP contribution in [0.3, 0.4) is 0 Å². The third-order valence-corrected chi connectivity index (χ3v) is 9.86. The number of carbonyl (C=O) groups is 1.